The summed E-state index contributed by atoms with van der Waals surface area (Å²) in [5.41, 5.74) is 0. The molecule has 0 spiro atoms. The van der Waals surface area contributed by atoms with E-state index in [1.807, 2.05) is 0 Å². The van der Waals surface area contributed by atoms with Gasteiger partial charge in [-0.25, -0.2) is 0 Å². The monoisotopic (exact) mass is 174 g/mol. The van der Waals surface area contributed by atoms with Crippen LogP contribution in [0.25, 0.3) is 0 Å². The van der Waals surface area contributed by atoms with Crippen LogP contribution in [0, 0.1) is 0 Å². The van der Waals surface area contributed by atoms with Crippen molar-refractivity contribution in [2.45, 2.75) is 40.7 Å². The Bertz CT molecular complexity index is 119. The van der Waals surface area contributed by atoms with Gasteiger partial charge in [0.2, 0.25) is 0 Å². The maximum atomic E-state index is 10.6. The van der Waals surface area contributed by atoms with Gasteiger partial charge in [-0.3, -0.25) is 4.79 Å². The zero-order chi connectivity index (χ0) is 7.98. The second-order valence-corrected chi connectivity index (χ2v) is 2.29. The Labute approximate surface area is 76.6 Å². The summed E-state index contributed by atoms with van der Waals surface area (Å²) in [6.07, 6.45) is 3.02. The lowest BCUT2D eigenvalue weighted by Gasteiger charge is -2.09. The van der Waals surface area contributed by atoms with Crippen molar-refractivity contribution in [3.05, 3.63) is 12.7 Å². The van der Waals surface area contributed by atoms with Gasteiger partial charge in [0, 0.05) is 13.5 Å². The van der Waals surface area contributed by atoms with E-state index in [0.29, 0.717) is 6.42 Å². The molecule has 0 saturated heterocycles. The minimum absolute atomic E-state index is 0. The summed E-state index contributed by atoms with van der Waals surface area (Å²) in [6, 6.07) is 0. The van der Waals surface area contributed by atoms with Gasteiger partial charge in [-0.05, 0) is 13.3 Å². The molecule has 0 aliphatic rings. The van der Waals surface area contributed by atoms with Crippen LogP contribution in [0.1, 0.15) is 34.6 Å². The smallest absolute Gasteiger partial charge is 0.132 e. The van der Waals surface area contributed by atoms with Crippen molar-refractivity contribution in [2.75, 3.05) is 7.11 Å². The zero-order valence-corrected chi connectivity index (χ0v) is 6.59. The van der Waals surface area contributed by atoms with Gasteiger partial charge in [0.05, 0.1) is 6.10 Å². The van der Waals surface area contributed by atoms with E-state index in [1.54, 1.807) is 20.1 Å². The van der Waals surface area contributed by atoms with Gasteiger partial charge in [-0.15, -0.1) is 6.58 Å². The molecule has 0 amide bonds. The Morgan fingerprint density at radius 2 is 2.08 bits per heavy atom. The van der Waals surface area contributed by atoms with Gasteiger partial charge in [-0.1, -0.05) is 20.9 Å². The molecule has 74 valence electrons. The van der Waals surface area contributed by atoms with E-state index in [0.717, 1.165) is 6.42 Å². The predicted molar refractivity (Wildman–Crippen MR) is 54.4 cm³/mol. The summed E-state index contributed by atoms with van der Waals surface area (Å²) in [5.74, 6) is 0.161. The van der Waals surface area contributed by atoms with Gasteiger partial charge < -0.3 is 4.74 Å². The van der Waals surface area contributed by atoms with E-state index in [9.17, 15) is 4.79 Å². The molecule has 0 bridgehead atoms. The summed E-state index contributed by atoms with van der Waals surface area (Å²) in [7, 11) is 1.61. The summed E-state index contributed by atoms with van der Waals surface area (Å²) in [4.78, 5) is 10.6. The van der Waals surface area contributed by atoms with Crippen LogP contribution in [-0.2, 0) is 9.53 Å². The van der Waals surface area contributed by atoms with Crippen molar-refractivity contribution in [1.82, 2.24) is 0 Å². The molecule has 0 saturated carbocycles. The van der Waals surface area contributed by atoms with Gasteiger partial charge in [0.25, 0.3) is 0 Å². The first-order chi connectivity index (χ1) is 4.70. The van der Waals surface area contributed by atoms with Crippen molar-refractivity contribution in [3.63, 3.8) is 0 Å². The third-order valence-corrected chi connectivity index (χ3v) is 1.28. The molecule has 0 N–H and O–H groups in total. The first kappa shape index (κ1) is 17.5. The number of rotatable bonds is 5. The van der Waals surface area contributed by atoms with E-state index < -0.39 is 0 Å². The fourth-order valence-corrected chi connectivity index (χ4v) is 0.769. The third kappa shape index (κ3) is 9.37. The number of Topliss-reactive ketones (excluding diaryl/α,β-unsaturated/α-hetero) is 1. The Kier molecular flexibility index (Phi) is 15.1. The highest BCUT2D eigenvalue weighted by atomic mass is 16.5. The standard InChI is InChI=1S/C8H14O2.2CH4/c1-4-5-8(10-3)6-7(2)9;;/h4,8H,1,5-6H2,2-3H3;2*1H4. The second-order valence-electron chi connectivity index (χ2n) is 2.29. The quantitative estimate of drug-likeness (QED) is 0.599. The molecule has 0 aromatic heterocycles. The lowest BCUT2D eigenvalue weighted by Crippen LogP contribution is -2.13. The average Bonchev–Trinajstić information content (AvgIpc) is 1.86. The molecular weight excluding hydrogens is 152 g/mol. The molecule has 1 atom stereocenters. The van der Waals surface area contributed by atoms with Crippen LogP contribution in [0.15, 0.2) is 12.7 Å². The predicted octanol–water partition coefficient (Wildman–Crippen LogP) is 2.83. The summed E-state index contributed by atoms with van der Waals surface area (Å²) in [5, 5.41) is 0. The van der Waals surface area contributed by atoms with Crippen LogP contribution in [0.3, 0.4) is 0 Å². The van der Waals surface area contributed by atoms with Crippen molar-refractivity contribution in [3.8, 4) is 0 Å². The lowest BCUT2D eigenvalue weighted by atomic mass is 10.1. The van der Waals surface area contributed by atoms with Crippen LogP contribution < -0.4 is 0 Å². The number of ketones is 1. The minimum atomic E-state index is 0. The first-order valence-corrected chi connectivity index (χ1v) is 3.33. The molecule has 0 radical (unpaired) electrons. The van der Waals surface area contributed by atoms with Crippen LogP contribution in [0.4, 0.5) is 0 Å². The Morgan fingerprint density at radius 3 is 2.33 bits per heavy atom. The van der Waals surface area contributed by atoms with E-state index in [4.69, 9.17) is 4.74 Å². The second kappa shape index (κ2) is 10.4. The SMILES string of the molecule is C.C.C=CCC(CC(C)=O)OC. The molecule has 0 fully saturated rings. The molecular formula is C10H22O2. The Morgan fingerprint density at radius 1 is 1.58 bits per heavy atom. The van der Waals surface area contributed by atoms with E-state index in [2.05, 4.69) is 6.58 Å². The Hall–Kier alpha value is -0.630. The number of methoxy groups -OCH3 is 1. The maximum absolute atomic E-state index is 10.6. The molecule has 0 aromatic rings. The van der Waals surface area contributed by atoms with Crippen LogP contribution >= 0.6 is 0 Å². The molecule has 12 heavy (non-hydrogen) atoms. The van der Waals surface area contributed by atoms with Gasteiger partial charge in [-0.2, -0.15) is 0 Å². The van der Waals surface area contributed by atoms with Crippen molar-refractivity contribution < 1.29 is 9.53 Å². The number of hydrogen-bond donors (Lipinski definition) is 0. The first-order valence-electron chi connectivity index (χ1n) is 3.33. The van der Waals surface area contributed by atoms with Crippen molar-refractivity contribution in [2.24, 2.45) is 0 Å². The van der Waals surface area contributed by atoms with Crippen LogP contribution in [0.5, 0.6) is 0 Å². The van der Waals surface area contributed by atoms with Crippen LogP contribution in [-0.4, -0.2) is 19.0 Å². The maximum Gasteiger partial charge on any atom is 0.132 e. The molecule has 2 nitrogen and oxygen atoms in total. The summed E-state index contributed by atoms with van der Waals surface area (Å²) >= 11 is 0. The summed E-state index contributed by atoms with van der Waals surface area (Å²) in [6.45, 7) is 5.13. The number of carbonyl (C=O) groups is 1. The highest BCUT2D eigenvalue weighted by Crippen LogP contribution is 2.03. The molecule has 0 aliphatic carbocycles. The van der Waals surface area contributed by atoms with Crippen molar-refractivity contribution >= 4 is 5.78 Å². The number of carbonyl (C=O) groups excluding carboxylic acids is 1. The number of hydrogen-bond acceptors (Lipinski definition) is 2. The fourth-order valence-electron chi connectivity index (χ4n) is 0.769. The van der Waals surface area contributed by atoms with Gasteiger partial charge in [0.1, 0.15) is 5.78 Å². The minimum Gasteiger partial charge on any atom is -0.381 e. The Balaban J connectivity index is -0.000000405. The average molecular weight is 174 g/mol. The van der Waals surface area contributed by atoms with E-state index in [-0.39, 0.29) is 26.7 Å². The van der Waals surface area contributed by atoms with Gasteiger partial charge >= 0.3 is 0 Å². The van der Waals surface area contributed by atoms with Crippen LogP contribution in [0.2, 0.25) is 0 Å². The fraction of sp³-hybridized carbons (Fsp3) is 0.700. The van der Waals surface area contributed by atoms with Gasteiger partial charge in [0.15, 0.2) is 0 Å². The summed E-state index contributed by atoms with van der Waals surface area (Å²) < 4.78 is 5.01. The largest absolute Gasteiger partial charge is 0.381 e. The molecule has 0 aliphatic heterocycles. The molecule has 2 heteroatoms. The number of ether oxygens (including phenoxy) is 1. The lowest BCUT2D eigenvalue weighted by molar-refractivity contribution is -0.119. The highest BCUT2D eigenvalue weighted by molar-refractivity contribution is 5.75. The topological polar surface area (TPSA) is 26.3 Å². The molecule has 0 aromatic carbocycles. The van der Waals surface area contributed by atoms with E-state index in [1.165, 1.54) is 0 Å². The van der Waals surface area contributed by atoms with E-state index >= 15 is 0 Å². The third-order valence-electron chi connectivity index (χ3n) is 1.28. The van der Waals surface area contributed by atoms with Crippen molar-refractivity contribution in [1.29, 1.82) is 0 Å². The molecule has 0 heterocycles. The molecule has 1 unspecified atom stereocenters. The molecule has 0 rings (SSSR count). The highest BCUT2D eigenvalue weighted by Gasteiger charge is 2.06. The zero-order valence-electron chi connectivity index (χ0n) is 6.59. The normalized spacial score (nSPS) is 10.5.